The van der Waals surface area contributed by atoms with Gasteiger partial charge in [0, 0.05) is 31.7 Å². The summed E-state index contributed by atoms with van der Waals surface area (Å²) in [6, 6.07) is 0. The van der Waals surface area contributed by atoms with Gasteiger partial charge in [-0.15, -0.1) is 0 Å². The van der Waals surface area contributed by atoms with E-state index < -0.39 is 0 Å². The first-order valence-corrected chi connectivity index (χ1v) is 8.77. The predicted molar refractivity (Wildman–Crippen MR) is 88.8 cm³/mol. The summed E-state index contributed by atoms with van der Waals surface area (Å²) >= 11 is 0. The molecule has 0 aliphatic carbocycles. The molecule has 0 saturated carbocycles. The SMILES string of the molecule is CCN1CCOC(CN2CCCC(CNC(C)(C)C)C2)C1. The summed E-state index contributed by atoms with van der Waals surface area (Å²) in [7, 11) is 0. The molecule has 0 aromatic heterocycles. The number of hydrogen-bond donors (Lipinski definition) is 1. The van der Waals surface area contributed by atoms with Gasteiger partial charge < -0.3 is 15.0 Å². The molecule has 0 aromatic rings. The minimum atomic E-state index is 0.233. The number of hydrogen-bond acceptors (Lipinski definition) is 4. The molecule has 2 fully saturated rings. The lowest BCUT2D eigenvalue weighted by molar-refractivity contribution is -0.0463. The molecule has 2 rings (SSSR count). The molecule has 2 aliphatic heterocycles. The van der Waals surface area contributed by atoms with E-state index in [9.17, 15) is 0 Å². The molecule has 4 heteroatoms. The van der Waals surface area contributed by atoms with Crippen LogP contribution < -0.4 is 5.32 Å². The van der Waals surface area contributed by atoms with Crippen molar-refractivity contribution in [3.8, 4) is 0 Å². The van der Waals surface area contributed by atoms with E-state index in [1.165, 1.54) is 25.9 Å². The first-order chi connectivity index (χ1) is 9.96. The van der Waals surface area contributed by atoms with Crippen molar-refractivity contribution < 1.29 is 4.74 Å². The summed E-state index contributed by atoms with van der Waals surface area (Å²) in [6.45, 7) is 18.0. The van der Waals surface area contributed by atoms with Gasteiger partial charge in [0.1, 0.15) is 0 Å². The van der Waals surface area contributed by atoms with Crippen LogP contribution in [-0.4, -0.2) is 73.9 Å². The zero-order valence-electron chi connectivity index (χ0n) is 14.5. The van der Waals surface area contributed by atoms with Crippen LogP contribution in [0.4, 0.5) is 0 Å². The minimum absolute atomic E-state index is 0.233. The second-order valence-electron chi connectivity index (χ2n) is 7.78. The number of likely N-dealkylation sites (N-methyl/N-ethyl adjacent to an activating group) is 1. The van der Waals surface area contributed by atoms with Gasteiger partial charge in [-0.2, -0.15) is 0 Å². The number of nitrogens with one attached hydrogen (secondary N) is 1. The molecule has 2 atom stereocenters. The number of morpholine rings is 1. The third-order valence-corrected chi connectivity index (χ3v) is 4.66. The number of nitrogens with zero attached hydrogens (tertiary/aromatic N) is 2. The lowest BCUT2D eigenvalue weighted by Gasteiger charge is -2.39. The van der Waals surface area contributed by atoms with Gasteiger partial charge in [0.15, 0.2) is 0 Å². The molecule has 0 bridgehead atoms. The van der Waals surface area contributed by atoms with E-state index in [4.69, 9.17) is 4.74 Å². The molecule has 2 saturated heterocycles. The van der Waals surface area contributed by atoms with Gasteiger partial charge in [0.2, 0.25) is 0 Å². The van der Waals surface area contributed by atoms with Gasteiger partial charge in [-0.05, 0) is 59.2 Å². The topological polar surface area (TPSA) is 27.7 Å². The van der Waals surface area contributed by atoms with E-state index in [1.807, 2.05) is 0 Å². The fourth-order valence-electron chi connectivity index (χ4n) is 3.40. The summed E-state index contributed by atoms with van der Waals surface area (Å²) in [5.41, 5.74) is 0.233. The van der Waals surface area contributed by atoms with Crippen LogP contribution in [0.3, 0.4) is 0 Å². The maximum Gasteiger partial charge on any atom is 0.0829 e. The quantitative estimate of drug-likeness (QED) is 0.837. The molecule has 124 valence electrons. The fraction of sp³-hybridized carbons (Fsp3) is 1.00. The van der Waals surface area contributed by atoms with Crippen LogP contribution in [0.5, 0.6) is 0 Å². The zero-order valence-corrected chi connectivity index (χ0v) is 14.5. The van der Waals surface area contributed by atoms with Gasteiger partial charge >= 0.3 is 0 Å². The third kappa shape index (κ3) is 6.23. The molecule has 21 heavy (non-hydrogen) atoms. The van der Waals surface area contributed by atoms with Crippen molar-refractivity contribution >= 4 is 0 Å². The number of likely N-dealkylation sites (tertiary alicyclic amines) is 1. The normalized spacial score (nSPS) is 29.7. The van der Waals surface area contributed by atoms with Crippen molar-refractivity contribution in [2.45, 2.75) is 52.2 Å². The Bertz CT molecular complexity index is 303. The molecule has 4 nitrogen and oxygen atoms in total. The van der Waals surface area contributed by atoms with E-state index in [2.05, 4.69) is 42.8 Å². The highest BCUT2D eigenvalue weighted by Gasteiger charge is 2.26. The van der Waals surface area contributed by atoms with Gasteiger partial charge in [0.05, 0.1) is 12.7 Å². The van der Waals surface area contributed by atoms with Crippen LogP contribution in [0.25, 0.3) is 0 Å². The molecule has 2 aliphatic rings. The number of rotatable bonds is 5. The van der Waals surface area contributed by atoms with Gasteiger partial charge in [-0.1, -0.05) is 6.92 Å². The molecule has 1 N–H and O–H groups in total. The van der Waals surface area contributed by atoms with Crippen LogP contribution in [0, 0.1) is 5.92 Å². The zero-order chi connectivity index (χ0) is 15.3. The lowest BCUT2D eigenvalue weighted by atomic mass is 9.96. The van der Waals surface area contributed by atoms with Crippen molar-refractivity contribution in [1.82, 2.24) is 15.1 Å². The Kier molecular flexibility index (Phi) is 6.48. The van der Waals surface area contributed by atoms with E-state index in [-0.39, 0.29) is 5.54 Å². The van der Waals surface area contributed by atoms with E-state index in [0.717, 1.165) is 45.2 Å². The number of ether oxygens (including phenoxy) is 1. The highest BCUT2D eigenvalue weighted by Crippen LogP contribution is 2.18. The molecule has 0 amide bonds. The number of piperidine rings is 1. The second kappa shape index (κ2) is 7.91. The average molecular weight is 297 g/mol. The van der Waals surface area contributed by atoms with Crippen LogP contribution in [-0.2, 0) is 4.74 Å². The predicted octanol–water partition coefficient (Wildman–Crippen LogP) is 1.81. The molecule has 0 aromatic carbocycles. The monoisotopic (exact) mass is 297 g/mol. The summed E-state index contributed by atoms with van der Waals surface area (Å²) in [6.07, 6.45) is 3.11. The van der Waals surface area contributed by atoms with Crippen molar-refractivity contribution in [2.24, 2.45) is 5.92 Å². The lowest BCUT2D eigenvalue weighted by Crippen LogP contribution is -2.50. The summed E-state index contributed by atoms with van der Waals surface area (Å²) in [5, 5.41) is 3.67. The van der Waals surface area contributed by atoms with Crippen molar-refractivity contribution in [2.75, 3.05) is 52.4 Å². The van der Waals surface area contributed by atoms with Crippen LogP contribution in [0.15, 0.2) is 0 Å². The smallest absolute Gasteiger partial charge is 0.0829 e. The second-order valence-corrected chi connectivity index (χ2v) is 7.78. The average Bonchev–Trinajstić information content (AvgIpc) is 2.45. The maximum absolute atomic E-state index is 5.96. The highest BCUT2D eigenvalue weighted by atomic mass is 16.5. The Balaban J connectivity index is 1.73. The largest absolute Gasteiger partial charge is 0.374 e. The maximum atomic E-state index is 5.96. The van der Waals surface area contributed by atoms with E-state index in [0.29, 0.717) is 6.10 Å². The first kappa shape index (κ1) is 17.2. The van der Waals surface area contributed by atoms with E-state index in [1.54, 1.807) is 0 Å². The van der Waals surface area contributed by atoms with Gasteiger partial charge in [-0.25, -0.2) is 0 Å². The minimum Gasteiger partial charge on any atom is -0.374 e. The third-order valence-electron chi connectivity index (χ3n) is 4.66. The Hall–Kier alpha value is -0.160. The molecular formula is C17H35N3O. The highest BCUT2D eigenvalue weighted by molar-refractivity contribution is 4.81. The molecular weight excluding hydrogens is 262 g/mol. The first-order valence-electron chi connectivity index (χ1n) is 8.77. The Labute approximate surface area is 131 Å². The van der Waals surface area contributed by atoms with E-state index >= 15 is 0 Å². The van der Waals surface area contributed by atoms with Crippen LogP contribution in [0.1, 0.15) is 40.5 Å². The summed E-state index contributed by atoms with van der Waals surface area (Å²) in [5.74, 6) is 0.795. The molecule has 0 radical (unpaired) electrons. The Morgan fingerprint density at radius 2 is 1.95 bits per heavy atom. The molecule has 0 spiro atoms. The van der Waals surface area contributed by atoms with Crippen LogP contribution in [0.2, 0.25) is 0 Å². The van der Waals surface area contributed by atoms with Crippen LogP contribution >= 0.6 is 0 Å². The Morgan fingerprint density at radius 3 is 2.67 bits per heavy atom. The summed E-state index contributed by atoms with van der Waals surface area (Å²) in [4.78, 5) is 5.14. The molecule has 2 heterocycles. The van der Waals surface area contributed by atoms with Crippen molar-refractivity contribution in [1.29, 1.82) is 0 Å². The fourth-order valence-corrected chi connectivity index (χ4v) is 3.40. The van der Waals surface area contributed by atoms with Gasteiger partial charge in [-0.3, -0.25) is 4.90 Å². The van der Waals surface area contributed by atoms with Gasteiger partial charge in [0.25, 0.3) is 0 Å². The van der Waals surface area contributed by atoms with Crippen molar-refractivity contribution in [3.05, 3.63) is 0 Å². The Morgan fingerprint density at radius 1 is 1.14 bits per heavy atom. The summed E-state index contributed by atoms with van der Waals surface area (Å²) < 4.78 is 5.96. The molecule has 2 unspecified atom stereocenters. The standard InChI is InChI=1S/C17H35N3O/c1-5-19-9-10-21-16(13-19)14-20-8-6-7-15(12-20)11-18-17(2,3)4/h15-16,18H,5-14H2,1-4H3. The van der Waals surface area contributed by atoms with Crippen molar-refractivity contribution in [3.63, 3.8) is 0 Å².